The molecule has 0 aromatic rings. The summed E-state index contributed by atoms with van der Waals surface area (Å²) in [5, 5.41) is 21.2. The Morgan fingerprint density at radius 2 is 1.82 bits per heavy atom. The maximum absolute atomic E-state index is 12.9. The predicted octanol–water partition coefficient (Wildman–Crippen LogP) is 3.07. The lowest BCUT2D eigenvalue weighted by atomic mass is 9.43. The minimum absolute atomic E-state index is 0.0196. The van der Waals surface area contributed by atoms with Gasteiger partial charge in [0.2, 0.25) is 0 Å². The first kappa shape index (κ1) is 15.1. The summed E-state index contributed by atoms with van der Waals surface area (Å²) in [4.78, 5) is 12.9. The Morgan fingerprint density at radius 3 is 2.59 bits per heavy atom. The van der Waals surface area contributed by atoms with Crippen molar-refractivity contribution in [2.24, 2.45) is 28.6 Å². The van der Waals surface area contributed by atoms with Crippen molar-refractivity contribution in [2.75, 3.05) is 0 Å². The van der Waals surface area contributed by atoms with Gasteiger partial charge in [-0.1, -0.05) is 20.3 Å². The van der Waals surface area contributed by atoms with Crippen LogP contribution in [0, 0.1) is 28.6 Å². The molecular weight excluding hydrogens is 276 g/mol. The summed E-state index contributed by atoms with van der Waals surface area (Å²) < 4.78 is 0. The molecule has 0 aromatic heterocycles. The van der Waals surface area contributed by atoms with Gasteiger partial charge >= 0.3 is 0 Å². The summed E-state index contributed by atoms with van der Waals surface area (Å²) >= 11 is 0. The van der Waals surface area contributed by atoms with Gasteiger partial charge in [0.1, 0.15) is 5.60 Å². The van der Waals surface area contributed by atoms with Gasteiger partial charge in [-0.05, 0) is 61.7 Å². The second-order valence-electron chi connectivity index (χ2n) is 9.26. The monoisotopic (exact) mass is 306 g/mol. The van der Waals surface area contributed by atoms with Gasteiger partial charge in [-0.2, -0.15) is 0 Å². The number of carbonyl (C=O) groups excluding carboxylic acids is 1. The number of hydrogen-bond donors (Lipinski definition) is 2. The Balaban J connectivity index is 1.73. The molecule has 3 nitrogen and oxygen atoms in total. The second kappa shape index (κ2) is 4.57. The number of rotatable bonds is 0. The molecule has 7 atom stereocenters. The van der Waals surface area contributed by atoms with E-state index in [0.29, 0.717) is 29.6 Å². The minimum atomic E-state index is -1.28. The van der Waals surface area contributed by atoms with Crippen LogP contribution in [-0.2, 0) is 4.79 Å². The molecule has 0 heterocycles. The van der Waals surface area contributed by atoms with Crippen molar-refractivity contribution in [2.45, 2.75) is 83.3 Å². The Bertz CT molecular complexity index is 503. The summed E-state index contributed by atoms with van der Waals surface area (Å²) in [6, 6.07) is 0. The van der Waals surface area contributed by atoms with Gasteiger partial charge < -0.3 is 10.2 Å². The first-order valence-electron chi connectivity index (χ1n) is 9.24. The summed E-state index contributed by atoms with van der Waals surface area (Å²) in [6.45, 7) is 4.57. The molecule has 0 aliphatic heterocycles. The Morgan fingerprint density at radius 1 is 1.05 bits per heavy atom. The zero-order chi connectivity index (χ0) is 15.8. The Hall–Kier alpha value is -0.410. The largest absolute Gasteiger partial charge is 0.393 e. The summed E-state index contributed by atoms with van der Waals surface area (Å²) in [6.07, 6.45) is 8.10. The average molecular weight is 306 g/mol. The van der Waals surface area contributed by atoms with Crippen LogP contribution in [0.25, 0.3) is 0 Å². The van der Waals surface area contributed by atoms with Gasteiger partial charge in [0.25, 0.3) is 0 Å². The molecule has 0 spiro atoms. The van der Waals surface area contributed by atoms with E-state index in [1.807, 2.05) is 0 Å². The predicted molar refractivity (Wildman–Crippen MR) is 84.2 cm³/mol. The van der Waals surface area contributed by atoms with E-state index in [1.165, 1.54) is 25.7 Å². The van der Waals surface area contributed by atoms with Crippen molar-refractivity contribution in [3.8, 4) is 0 Å². The van der Waals surface area contributed by atoms with Crippen molar-refractivity contribution in [1.82, 2.24) is 0 Å². The van der Waals surface area contributed by atoms with Crippen LogP contribution < -0.4 is 0 Å². The summed E-state index contributed by atoms with van der Waals surface area (Å²) in [5.74, 6) is 1.61. The SMILES string of the molecule is C[C@@]12CCC[C@@H]1[C@@H]1CC(=O)[C@@]3(O)C[C@@H](O)CC[C@]3(C)[C@@H]1CC2. The van der Waals surface area contributed by atoms with Crippen LogP contribution in [0.4, 0.5) is 0 Å². The van der Waals surface area contributed by atoms with Crippen molar-refractivity contribution in [3.63, 3.8) is 0 Å². The van der Waals surface area contributed by atoms with Crippen molar-refractivity contribution >= 4 is 5.78 Å². The van der Waals surface area contributed by atoms with Crippen molar-refractivity contribution < 1.29 is 15.0 Å². The number of ketones is 1. The van der Waals surface area contributed by atoms with Gasteiger partial charge in [-0.25, -0.2) is 0 Å². The van der Waals surface area contributed by atoms with Crippen LogP contribution in [0.5, 0.6) is 0 Å². The van der Waals surface area contributed by atoms with E-state index in [-0.39, 0.29) is 17.6 Å². The average Bonchev–Trinajstić information content (AvgIpc) is 2.84. The molecule has 4 saturated carbocycles. The lowest BCUT2D eigenvalue weighted by Crippen LogP contribution is -2.66. The third-order valence-electron chi connectivity index (χ3n) is 8.39. The van der Waals surface area contributed by atoms with Gasteiger partial charge in [0.15, 0.2) is 5.78 Å². The molecule has 22 heavy (non-hydrogen) atoms. The summed E-state index contributed by atoms with van der Waals surface area (Å²) in [5.41, 5.74) is -1.17. The highest BCUT2D eigenvalue weighted by Gasteiger charge is 2.66. The van der Waals surface area contributed by atoms with E-state index in [1.54, 1.807) is 0 Å². The lowest BCUT2D eigenvalue weighted by Gasteiger charge is -2.62. The number of aliphatic hydroxyl groups excluding tert-OH is 1. The normalized spacial score (nSPS) is 57.9. The zero-order valence-corrected chi connectivity index (χ0v) is 14.0. The first-order chi connectivity index (χ1) is 10.3. The lowest BCUT2D eigenvalue weighted by molar-refractivity contribution is -0.211. The second-order valence-corrected chi connectivity index (χ2v) is 9.26. The highest BCUT2D eigenvalue weighted by atomic mass is 16.3. The van der Waals surface area contributed by atoms with E-state index in [2.05, 4.69) is 13.8 Å². The van der Waals surface area contributed by atoms with Crippen LogP contribution in [-0.4, -0.2) is 27.7 Å². The van der Waals surface area contributed by atoms with Crippen LogP contribution in [0.2, 0.25) is 0 Å². The van der Waals surface area contributed by atoms with Crippen molar-refractivity contribution in [1.29, 1.82) is 0 Å². The van der Waals surface area contributed by atoms with Gasteiger partial charge in [-0.3, -0.25) is 4.79 Å². The molecule has 0 unspecified atom stereocenters. The summed E-state index contributed by atoms with van der Waals surface area (Å²) in [7, 11) is 0. The molecule has 4 aliphatic rings. The first-order valence-corrected chi connectivity index (χ1v) is 9.24. The molecule has 4 fully saturated rings. The van der Waals surface area contributed by atoms with Crippen LogP contribution in [0.1, 0.15) is 71.6 Å². The quantitative estimate of drug-likeness (QED) is 0.723. The molecule has 0 amide bonds. The van der Waals surface area contributed by atoms with Crippen LogP contribution in [0.3, 0.4) is 0 Å². The Kier molecular flexibility index (Phi) is 3.14. The molecule has 3 heteroatoms. The molecule has 0 aromatic carbocycles. The maximum Gasteiger partial charge on any atom is 0.165 e. The standard InChI is InChI=1S/C19H30O3/c1-17-7-3-4-14(17)13-10-16(21)19(22)11-12(20)5-9-18(19,2)15(13)6-8-17/h12-15,20,22H,3-11H2,1-2H3/t12-,13-,14+,15+,17-,18+,19-/m0/s1. The molecule has 124 valence electrons. The van der Waals surface area contributed by atoms with Gasteiger partial charge in [0, 0.05) is 18.3 Å². The fourth-order valence-corrected chi connectivity index (χ4v) is 7.01. The number of hydrogen-bond acceptors (Lipinski definition) is 3. The van der Waals surface area contributed by atoms with Crippen molar-refractivity contribution in [3.05, 3.63) is 0 Å². The van der Waals surface area contributed by atoms with E-state index >= 15 is 0 Å². The third-order valence-corrected chi connectivity index (χ3v) is 8.39. The van der Waals surface area contributed by atoms with E-state index in [9.17, 15) is 15.0 Å². The topological polar surface area (TPSA) is 57.5 Å². The Labute approximate surface area is 133 Å². The smallest absolute Gasteiger partial charge is 0.165 e. The molecule has 0 bridgehead atoms. The number of carbonyl (C=O) groups is 1. The third kappa shape index (κ3) is 1.73. The maximum atomic E-state index is 12.9. The number of fused-ring (bicyclic) bond motifs is 5. The van der Waals surface area contributed by atoms with E-state index in [4.69, 9.17) is 0 Å². The molecule has 0 radical (unpaired) electrons. The van der Waals surface area contributed by atoms with E-state index in [0.717, 1.165) is 19.3 Å². The van der Waals surface area contributed by atoms with Crippen LogP contribution in [0.15, 0.2) is 0 Å². The molecule has 4 aliphatic carbocycles. The molecule has 4 rings (SSSR count). The highest BCUT2D eigenvalue weighted by Crippen LogP contribution is 2.66. The fraction of sp³-hybridized carbons (Fsp3) is 0.947. The zero-order valence-electron chi connectivity index (χ0n) is 14.0. The van der Waals surface area contributed by atoms with Gasteiger partial charge in [-0.15, -0.1) is 0 Å². The van der Waals surface area contributed by atoms with Crippen LogP contribution >= 0.6 is 0 Å². The molecule has 0 saturated heterocycles. The fourth-order valence-electron chi connectivity index (χ4n) is 7.01. The van der Waals surface area contributed by atoms with Gasteiger partial charge in [0.05, 0.1) is 6.10 Å². The minimum Gasteiger partial charge on any atom is -0.393 e. The number of Topliss-reactive ketones (excluding diaryl/α,β-unsaturated/α-hetero) is 1. The van der Waals surface area contributed by atoms with E-state index < -0.39 is 11.7 Å². The highest BCUT2D eigenvalue weighted by molar-refractivity contribution is 5.89. The molecule has 2 N–H and O–H groups in total. The molecular formula is C19H30O3. The number of aliphatic hydroxyl groups is 2.